The third-order valence-electron chi connectivity index (χ3n) is 3.32. The van der Waals surface area contributed by atoms with Crippen molar-refractivity contribution in [1.82, 2.24) is 0 Å². The van der Waals surface area contributed by atoms with Crippen LogP contribution in [0, 0.1) is 5.82 Å². The van der Waals surface area contributed by atoms with Crippen LogP contribution in [0.2, 0.25) is 5.02 Å². The molecule has 0 saturated heterocycles. The quantitative estimate of drug-likeness (QED) is 0.572. The summed E-state index contributed by atoms with van der Waals surface area (Å²) in [6.07, 6.45) is 2.79. The lowest BCUT2D eigenvalue weighted by molar-refractivity contribution is 0.104. The molecule has 0 amide bonds. The minimum absolute atomic E-state index is 0.0429. The van der Waals surface area contributed by atoms with Crippen LogP contribution < -0.4 is 14.2 Å². The Morgan fingerprint density at radius 1 is 1.08 bits per heavy atom. The van der Waals surface area contributed by atoms with Gasteiger partial charge in [0.25, 0.3) is 0 Å². The zero-order chi connectivity index (χ0) is 17.7. The number of ether oxygens (including phenoxy) is 3. The first-order valence-electron chi connectivity index (χ1n) is 6.97. The van der Waals surface area contributed by atoms with E-state index < -0.39 is 11.6 Å². The van der Waals surface area contributed by atoms with Crippen molar-refractivity contribution in [3.8, 4) is 17.2 Å². The van der Waals surface area contributed by atoms with Gasteiger partial charge in [-0.25, -0.2) is 4.39 Å². The van der Waals surface area contributed by atoms with Gasteiger partial charge in [0.05, 0.1) is 31.9 Å². The van der Waals surface area contributed by atoms with Gasteiger partial charge in [-0.05, 0) is 35.9 Å². The summed E-state index contributed by atoms with van der Waals surface area (Å²) in [5.41, 5.74) is 0.582. The summed E-state index contributed by atoms with van der Waals surface area (Å²) in [4.78, 5) is 12.1. The number of rotatable bonds is 6. The summed E-state index contributed by atoms with van der Waals surface area (Å²) in [6.45, 7) is 0. The van der Waals surface area contributed by atoms with Crippen molar-refractivity contribution in [1.29, 1.82) is 0 Å². The van der Waals surface area contributed by atoms with Crippen molar-refractivity contribution in [2.24, 2.45) is 0 Å². The van der Waals surface area contributed by atoms with Gasteiger partial charge in [-0.1, -0.05) is 17.7 Å². The minimum atomic E-state index is -0.644. The molecular weight excluding hydrogens is 335 g/mol. The molecule has 4 nitrogen and oxygen atoms in total. The predicted molar refractivity (Wildman–Crippen MR) is 90.9 cm³/mol. The standard InChI is InChI=1S/C18H16ClFO4/c1-22-12-5-6-13(15(20)10-12)16(21)7-4-11-8-14(19)18(24-3)17(9-11)23-2/h4-10H,1-3H3/b7-4+. The number of ketones is 1. The Balaban J connectivity index is 2.27. The van der Waals surface area contributed by atoms with Crippen LogP contribution in [0.1, 0.15) is 15.9 Å². The van der Waals surface area contributed by atoms with Gasteiger partial charge >= 0.3 is 0 Å². The van der Waals surface area contributed by atoms with E-state index in [2.05, 4.69) is 0 Å². The second-order valence-corrected chi connectivity index (χ2v) is 5.19. The summed E-state index contributed by atoms with van der Waals surface area (Å²) in [7, 11) is 4.39. The maximum Gasteiger partial charge on any atom is 0.188 e. The Morgan fingerprint density at radius 2 is 1.83 bits per heavy atom. The van der Waals surface area contributed by atoms with Gasteiger partial charge < -0.3 is 14.2 Å². The molecule has 0 unspecified atom stereocenters. The molecule has 0 spiro atoms. The van der Waals surface area contributed by atoms with E-state index in [-0.39, 0.29) is 5.56 Å². The van der Waals surface area contributed by atoms with Crippen LogP contribution in [0.3, 0.4) is 0 Å². The Hall–Kier alpha value is -2.53. The molecule has 0 aromatic heterocycles. The highest BCUT2D eigenvalue weighted by molar-refractivity contribution is 6.32. The molecule has 0 atom stereocenters. The van der Waals surface area contributed by atoms with Crippen LogP contribution in [-0.2, 0) is 0 Å². The van der Waals surface area contributed by atoms with E-state index in [0.717, 1.165) is 6.07 Å². The number of halogens is 2. The van der Waals surface area contributed by atoms with Crippen LogP contribution in [-0.4, -0.2) is 27.1 Å². The van der Waals surface area contributed by atoms with E-state index in [1.54, 1.807) is 12.1 Å². The first kappa shape index (κ1) is 17.8. The molecule has 0 heterocycles. The molecular formula is C18H16ClFO4. The van der Waals surface area contributed by atoms with Gasteiger partial charge in [-0.2, -0.15) is 0 Å². The normalized spacial score (nSPS) is 10.7. The zero-order valence-electron chi connectivity index (χ0n) is 13.4. The van der Waals surface area contributed by atoms with Gasteiger partial charge in [0.2, 0.25) is 0 Å². The van der Waals surface area contributed by atoms with Crippen LogP contribution >= 0.6 is 11.6 Å². The van der Waals surface area contributed by atoms with Gasteiger partial charge in [-0.15, -0.1) is 0 Å². The van der Waals surface area contributed by atoms with Crippen molar-refractivity contribution in [3.63, 3.8) is 0 Å². The van der Waals surface area contributed by atoms with Crippen molar-refractivity contribution in [2.75, 3.05) is 21.3 Å². The fraction of sp³-hybridized carbons (Fsp3) is 0.167. The number of hydrogen-bond donors (Lipinski definition) is 0. The summed E-state index contributed by atoms with van der Waals surface area (Å²) < 4.78 is 29.1. The molecule has 0 fully saturated rings. The Morgan fingerprint density at radius 3 is 2.42 bits per heavy atom. The first-order chi connectivity index (χ1) is 11.5. The molecule has 2 aromatic rings. The molecule has 0 aliphatic heterocycles. The van der Waals surface area contributed by atoms with Crippen LogP contribution in [0.5, 0.6) is 17.2 Å². The van der Waals surface area contributed by atoms with Crippen LogP contribution in [0.4, 0.5) is 4.39 Å². The van der Waals surface area contributed by atoms with E-state index in [9.17, 15) is 9.18 Å². The fourth-order valence-electron chi connectivity index (χ4n) is 2.12. The molecule has 126 valence electrons. The van der Waals surface area contributed by atoms with E-state index in [0.29, 0.717) is 27.8 Å². The van der Waals surface area contributed by atoms with Gasteiger partial charge in [0.1, 0.15) is 11.6 Å². The zero-order valence-corrected chi connectivity index (χ0v) is 14.2. The number of carbonyl (C=O) groups is 1. The molecule has 0 bridgehead atoms. The smallest absolute Gasteiger partial charge is 0.188 e. The molecule has 0 N–H and O–H groups in total. The van der Waals surface area contributed by atoms with E-state index >= 15 is 0 Å². The third-order valence-corrected chi connectivity index (χ3v) is 3.61. The van der Waals surface area contributed by atoms with Crippen molar-refractivity contribution < 1.29 is 23.4 Å². The number of benzene rings is 2. The van der Waals surface area contributed by atoms with Gasteiger partial charge in [0.15, 0.2) is 17.3 Å². The maximum absolute atomic E-state index is 13.9. The van der Waals surface area contributed by atoms with E-state index in [1.807, 2.05) is 0 Å². The fourth-order valence-corrected chi connectivity index (χ4v) is 2.41. The Labute approximate surface area is 144 Å². The highest BCUT2D eigenvalue weighted by atomic mass is 35.5. The molecule has 0 aliphatic carbocycles. The summed E-state index contributed by atoms with van der Waals surface area (Å²) >= 11 is 6.11. The first-order valence-corrected chi connectivity index (χ1v) is 7.35. The van der Waals surface area contributed by atoms with Crippen molar-refractivity contribution in [3.05, 3.63) is 58.4 Å². The Bertz CT molecular complexity index is 787. The lowest BCUT2D eigenvalue weighted by atomic mass is 10.1. The molecule has 2 aromatic carbocycles. The summed E-state index contributed by atoms with van der Waals surface area (Å²) in [5, 5.41) is 0.347. The molecule has 6 heteroatoms. The lowest BCUT2D eigenvalue weighted by Crippen LogP contribution is -1.99. The molecule has 0 radical (unpaired) electrons. The van der Waals surface area contributed by atoms with Crippen molar-refractivity contribution >= 4 is 23.5 Å². The molecule has 24 heavy (non-hydrogen) atoms. The van der Waals surface area contributed by atoms with Crippen LogP contribution in [0.15, 0.2) is 36.4 Å². The van der Waals surface area contributed by atoms with Crippen molar-refractivity contribution in [2.45, 2.75) is 0 Å². The molecule has 0 aliphatic rings. The third kappa shape index (κ3) is 3.86. The average molecular weight is 351 g/mol. The minimum Gasteiger partial charge on any atom is -0.497 e. The highest BCUT2D eigenvalue weighted by Crippen LogP contribution is 2.36. The van der Waals surface area contributed by atoms with E-state index in [4.69, 9.17) is 25.8 Å². The largest absolute Gasteiger partial charge is 0.497 e. The van der Waals surface area contributed by atoms with Gasteiger partial charge in [-0.3, -0.25) is 4.79 Å². The molecule has 0 saturated carbocycles. The highest BCUT2D eigenvalue weighted by Gasteiger charge is 2.12. The second kappa shape index (κ2) is 7.84. The summed E-state index contributed by atoms with van der Waals surface area (Å²) in [5.74, 6) is 0.0756. The molecule has 2 rings (SSSR count). The van der Waals surface area contributed by atoms with E-state index in [1.165, 1.54) is 45.6 Å². The van der Waals surface area contributed by atoms with Crippen LogP contribution in [0.25, 0.3) is 6.08 Å². The number of carbonyl (C=O) groups excluding carboxylic acids is 1. The predicted octanol–water partition coefficient (Wildman–Crippen LogP) is 4.40. The monoisotopic (exact) mass is 350 g/mol. The van der Waals surface area contributed by atoms with Gasteiger partial charge in [0, 0.05) is 6.07 Å². The summed E-state index contributed by atoms with van der Waals surface area (Å²) in [6, 6.07) is 7.35. The maximum atomic E-state index is 13.9. The SMILES string of the molecule is COc1ccc(C(=O)/C=C/c2cc(Cl)c(OC)c(OC)c2)c(F)c1. The number of methoxy groups -OCH3 is 3. The number of allylic oxidation sites excluding steroid dienone is 1. The lowest BCUT2D eigenvalue weighted by Gasteiger charge is -2.10. The average Bonchev–Trinajstić information content (AvgIpc) is 2.58. The number of hydrogen-bond acceptors (Lipinski definition) is 4. The Kier molecular flexibility index (Phi) is 5.82. The topological polar surface area (TPSA) is 44.8 Å². The second-order valence-electron chi connectivity index (χ2n) is 4.78.